The molecule has 3 unspecified atom stereocenters. The number of rotatable bonds is 7. The van der Waals surface area contributed by atoms with Crippen LogP contribution >= 0.6 is 0 Å². The maximum Gasteiger partial charge on any atom is 0.159 e. The van der Waals surface area contributed by atoms with Gasteiger partial charge in [-0.1, -0.05) is 6.42 Å². The number of fused-ring (bicyclic) bond motifs is 4. The topological polar surface area (TPSA) is 93.3 Å². The largest absolute Gasteiger partial charge is 0.396 e. The standard InChI is InChI=1S/C30H43N7O2/c1-20-11-27(23-13-32-35(3)28(23)33-20)36-10-7-26-24(14-36)21(2)34-37(26)16-29-8-4-5-22(12-29)25(6-9-29)31-15-30(17-38)18-39-19-30/h11,13,22,25,31,38H,4-10,12,14-19H2,1-3H3. The zero-order valence-corrected chi connectivity index (χ0v) is 23.7. The van der Waals surface area contributed by atoms with Crippen LogP contribution in [0.2, 0.25) is 0 Å². The van der Waals surface area contributed by atoms with Crippen LogP contribution in [-0.4, -0.2) is 68.6 Å². The summed E-state index contributed by atoms with van der Waals surface area (Å²) >= 11 is 0. The first kappa shape index (κ1) is 25.5. The van der Waals surface area contributed by atoms with E-state index in [1.807, 2.05) is 17.9 Å². The fraction of sp³-hybridized carbons (Fsp3) is 0.700. The van der Waals surface area contributed by atoms with Crippen molar-refractivity contribution in [2.24, 2.45) is 23.8 Å². The van der Waals surface area contributed by atoms with Crippen molar-refractivity contribution < 1.29 is 9.84 Å². The van der Waals surface area contributed by atoms with Crippen molar-refractivity contribution in [3.8, 4) is 0 Å². The molecular formula is C30H43N7O2. The van der Waals surface area contributed by atoms with Crippen LogP contribution < -0.4 is 10.2 Å². The molecule has 2 aliphatic carbocycles. The summed E-state index contributed by atoms with van der Waals surface area (Å²) in [5, 5.41) is 24.5. The number of ether oxygens (including phenoxy) is 1. The van der Waals surface area contributed by atoms with Crippen molar-refractivity contribution in [3.63, 3.8) is 0 Å². The van der Waals surface area contributed by atoms with Crippen LogP contribution in [0.15, 0.2) is 12.3 Å². The number of anilines is 1. The number of hydrogen-bond acceptors (Lipinski definition) is 7. The molecule has 9 heteroatoms. The molecule has 210 valence electrons. The van der Waals surface area contributed by atoms with Gasteiger partial charge in [0.1, 0.15) is 0 Å². The van der Waals surface area contributed by atoms with Gasteiger partial charge in [-0.05, 0) is 63.4 Å². The maximum absolute atomic E-state index is 9.85. The summed E-state index contributed by atoms with van der Waals surface area (Å²) < 4.78 is 9.70. The number of aliphatic hydroxyl groups is 1. The number of aryl methyl sites for hydroxylation is 3. The molecular weight excluding hydrogens is 490 g/mol. The number of aromatic nitrogens is 5. The van der Waals surface area contributed by atoms with E-state index in [0.29, 0.717) is 24.7 Å². The normalized spacial score (nSPS) is 27.9. The van der Waals surface area contributed by atoms with Crippen LogP contribution in [0.3, 0.4) is 0 Å². The molecule has 2 aliphatic heterocycles. The number of nitrogens with zero attached hydrogens (tertiary/aromatic N) is 6. The SMILES string of the molecule is Cc1cc(N2CCc3c(c(C)nn3CC34CCCC(C3)C(NCC3(CO)COC3)CC4)C2)c2cnn(C)c2n1. The molecule has 39 heavy (non-hydrogen) atoms. The van der Waals surface area contributed by atoms with Crippen molar-refractivity contribution in [2.75, 3.05) is 37.8 Å². The number of pyridine rings is 1. The Kier molecular flexibility index (Phi) is 6.25. The van der Waals surface area contributed by atoms with Crippen LogP contribution in [0.4, 0.5) is 5.69 Å². The van der Waals surface area contributed by atoms with E-state index in [4.69, 9.17) is 14.8 Å². The Morgan fingerprint density at radius 2 is 2.08 bits per heavy atom. The van der Waals surface area contributed by atoms with Crippen molar-refractivity contribution in [1.29, 1.82) is 0 Å². The Morgan fingerprint density at radius 1 is 1.21 bits per heavy atom. The highest BCUT2D eigenvalue weighted by Gasteiger charge is 2.46. The van der Waals surface area contributed by atoms with Crippen LogP contribution in [0, 0.1) is 30.6 Å². The lowest BCUT2D eigenvalue weighted by atomic mass is 9.60. The molecule has 0 spiro atoms. The summed E-state index contributed by atoms with van der Waals surface area (Å²) in [5.74, 6) is 0.726. The van der Waals surface area contributed by atoms with E-state index in [-0.39, 0.29) is 12.0 Å². The third kappa shape index (κ3) is 4.37. The van der Waals surface area contributed by atoms with Crippen molar-refractivity contribution in [1.82, 2.24) is 29.9 Å². The summed E-state index contributed by atoms with van der Waals surface area (Å²) in [5.41, 5.74) is 7.56. The number of hydrogen-bond donors (Lipinski definition) is 2. The summed E-state index contributed by atoms with van der Waals surface area (Å²) in [4.78, 5) is 7.22. The van der Waals surface area contributed by atoms with Crippen molar-refractivity contribution in [2.45, 2.75) is 77.9 Å². The van der Waals surface area contributed by atoms with E-state index < -0.39 is 0 Å². The summed E-state index contributed by atoms with van der Waals surface area (Å²) in [6.45, 7) is 9.68. The van der Waals surface area contributed by atoms with Gasteiger partial charge in [0, 0.05) is 62.6 Å². The Balaban J connectivity index is 1.07. The minimum atomic E-state index is -0.0551. The molecule has 0 aromatic carbocycles. The molecule has 3 aromatic heterocycles. The molecule has 2 N–H and O–H groups in total. The highest BCUT2D eigenvalue weighted by atomic mass is 16.5. The average molecular weight is 534 g/mol. The Hall–Kier alpha value is -2.49. The van der Waals surface area contributed by atoms with Crippen molar-refractivity contribution in [3.05, 3.63) is 34.9 Å². The molecule has 3 fully saturated rings. The molecule has 5 heterocycles. The van der Waals surface area contributed by atoms with E-state index in [1.165, 1.54) is 61.2 Å². The van der Waals surface area contributed by atoms with Gasteiger partial charge < -0.3 is 20.1 Å². The second kappa shape index (κ2) is 9.56. The van der Waals surface area contributed by atoms with Gasteiger partial charge in [0.15, 0.2) is 5.65 Å². The number of nitrogens with one attached hydrogen (secondary N) is 1. The lowest BCUT2D eigenvalue weighted by molar-refractivity contribution is -0.136. The zero-order chi connectivity index (χ0) is 26.8. The predicted octanol–water partition coefficient (Wildman–Crippen LogP) is 3.28. The third-order valence-electron chi connectivity index (χ3n) is 10.4. The molecule has 0 amide bonds. The lowest BCUT2D eigenvalue weighted by Crippen LogP contribution is -2.56. The van der Waals surface area contributed by atoms with Crippen LogP contribution in [0.1, 0.15) is 61.2 Å². The van der Waals surface area contributed by atoms with Gasteiger partial charge in [0.25, 0.3) is 0 Å². The van der Waals surface area contributed by atoms with Crippen LogP contribution in [-0.2, 0) is 31.3 Å². The summed E-state index contributed by atoms with van der Waals surface area (Å²) in [6, 6.07) is 2.78. The third-order valence-corrected chi connectivity index (χ3v) is 10.4. The summed E-state index contributed by atoms with van der Waals surface area (Å²) in [6.07, 6.45) is 10.7. The highest BCUT2D eigenvalue weighted by Crippen LogP contribution is 2.50. The van der Waals surface area contributed by atoms with Gasteiger partial charge in [0.2, 0.25) is 0 Å². The molecule has 7 rings (SSSR count). The molecule has 3 atom stereocenters. The Bertz CT molecular complexity index is 1370. The van der Waals surface area contributed by atoms with E-state index in [9.17, 15) is 5.11 Å². The minimum Gasteiger partial charge on any atom is -0.396 e. The van der Waals surface area contributed by atoms with Crippen molar-refractivity contribution >= 4 is 16.7 Å². The lowest BCUT2D eigenvalue weighted by Gasteiger charge is -2.50. The van der Waals surface area contributed by atoms with Gasteiger partial charge in [-0.2, -0.15) is 10.2 Å². The van der Waals surface area contributed by atoms with Gasteiger partial charge in [0.05, 0.1) is 48.2 Å². The second-order valence-electron chi connectivity index (χ2n) is 13.2. The minimum absolute atomic E-state index is 0.0551. The second-order valence-corrected chi connectivity index (χ2v) is 13.2. The Morgan fingerprint density at radius 3 is 2.87 bits per heavy atom. The maximum atomic E-state index is 9.85. The molecule has 3 aromatic rings. The van der Waals surface area contributed by atoms with Gasteiger partial charge >= 0.3 is 0 Å². The molecule has 1 saturated heterocycles. The molecule has 0 radical (unpaired) electrons. The average Bonchev–Trinajstić information content (AvgIpc) is 3.43. The molecule has 4 aliphatic rings. The summed E-state index contributed by atoms with van der Waals surface area (Å²) in [7, 11) is 1.97. The monoisotopic (exact) mass is 533 g/mol. The fourth-order valence-corrected chi connectivity index (χ4v) is 8.04. The molecule has 2 saturated carbocycles. The molecule has 9 nitrogen and oxygen atoms in total. The van der Waals surface area contributed by atoms with E-state index in [1.54, 1.807) is 0 Å². The fourth-order valence-electron chi connectivity index (χ4n) is 8.04. The van der Waals surface area contributed by atoms with Crippen LogP contribution in [0.5, 0.6) is 0 Å². The molecule has 2 bridgehead atoms. The van der Waals surface area contributed by atoms with Crippen LogP contribution in [0.25, 0.3) is 11.0 Å². The van der Waals surface area contributed by atoms with Gasteiger partial charge in [-0.15, -0.1) is 0 Å². The van der Waals surface area contributed by atoms with E-state index in [2.05, 4.69) is 39.9 Å². The zero-order valence-electron chi connectivity index (χ0n) is 23.7. The first-order chi connectivity index (χ1) is 18.9. The highest BCUT2D eigenvalue weighted by molar-refractivity contribution is 5.89. The van der Waals surface area contributed by atoms with Gasteiger partial charge in [-0.25, -0.2) is 4.98 Å². The predicted molar refractivity (Wildman–Crippen MR) is 151 cm³/mol. The van der Waals surface area contributed by atoms with Gasteiger partial charge in [-0.3, -0.25) is 9.36 Å². The number of aliphatic hydroxyl groups excluding tert-OH is 1. The van der Waals surface area contributed by atoms with E-state index >= 15 is 0 Å². The quantitative estimate of drug-likeness (QED) is 0.482. The first-order valence-electron chi connectivity index (χ1n) is 14.9. The Labute approximate surface area is 230 Å². The smallest absolute Gasteiger partial charge is 0.159 e. The first-order valence-corrected chi connectivity index (χ1v) is 14.9. The van der Waals surface area contributed by atoms with E-state index in [0.717, 1.165) is 55.2 Å².